The summed E-state index contributed by atoms with van der Waals surface area (Å²) in [6.45, 7) is 9.49. The number of rotatable bonds is 6. The summed E-state index contributed by atoms with van der Waals surface area (Å²) in [5.41, 5.74) is 2.11. The van der Waals surface area contributed by atoms with Crippen molar-refractivity contribution >= 4 is 17.5 Å². The number of hydrogen-bond donors (Lipinski definition) is 0. The minimum Gasteiger partial charge on any atom is -0.306 e. The zero-order valence-electron chi connectivity index (χ0n) is 14.9. The molecule has 5 heteroatoms. The van der Waals surface area contributed by atoms with Gasteiger partial charge in [0.05, 0.1) is 5.75 Å². The molecule has 0 spiro atoms. The van der Waals surface area contributed by atoms with Crippen LogP contribution in [-0.2, 0) is 12.0 Å². The molecule has 1 saturated carbocycles. The SMILES string of the molecule is CCn1c(SCC(=O)c2ccc(C(C)(C)C)cc2)nnc1C1CC1. The predicted octanol–water partition coefficient (Wildman–Crippen LogP) is 4.45. The van der Waals surface area contributed by atoms with Gasteiger partial charge < -0.3 is 4.57 Å². The van der Waals surface area contributed by atoms with E-state index in [0.29, 0.717) is 11.7 Å². The highest BCUT2D eigenvalue weighted by molar-refractivity contribution is 7.99. The third-order valence-electron chi connectivity index (χ3n) is 4.41. The van der Waals surface area contributed by atoms with Gasteiger partial charge in [-0.3, -0.25) is 4.79 Å². The van der Waals surface area contributed by atoms with Crippen LogP contribution in [0.3, 0.4) is 0 Å². The average Bonchev–Trinajstić information content (AvgIpc) is 3.32. The van der Waals surface area contributed by atoms with Crippen molar-refractivity contribution in [1.29, 1.82) is 0 Å². The Labute approximate surface area is 148 Å². The molecule has 24 heavy (non-hydrogen) atoms. The molecule has 0 bridgehead atoms. The second-order valence-electron chi connectivity index (χ2n) is 7.40. The molecule has 1 fully saturated rings. The van der Waals surface area contributed by atoms with Crippen LogP contribution in [-0.4, -0.2) is 26.3 Å². The Hall–Kier alpha value is -1.62. The summed E-state index contributed by atoms with van der Waals surface area (Å²) in [5.74, 6) is 2.20. The van der Waals surface area contributed by atoms with Crippen LogP contribution in [0, 0.1) is 0 Å². The molecule has 1 aromatic carbocycles. The largest absolute Gasteiger partial charge is 0.306 e. The van der Waals surface area contributed by atoms with Gasteiger partial charge in [-0.15, -0.1) is 10.2 Å². The highest BCUT2D eigenvalue weighted by atomic mass is 32.2. The highest BCUT2D eigenvalue weighted by Gasteiger charge is 2.30. The average molecular weight is 343 g/mol. The van der Waals surface area contributed by atoms with Crippen molar-refractivity contribution in [2.75, 3.05) is 5.75 Å². The maximum atomic E-state index is 12.5. The van der Waals surface area contributed by atoms with Crippen LogP contribution in [0.25, 0.3) is 0 Å². The van der Waals surface area contributed by atoms with Gasteiger partial charge in [0.1, 0.15) is 5.82 Å². The molecule has 1 aliphatic carbocycles. The molecule has 2 aromatic rings. The quantitative estimate of drug-likeness (QED) is 0.574. The smallest absolute Gasteiger partial charge is 0.191 e. The molecule has 3 rings (SSSR count). The molecule has 0 radical (unpaired) electrons. The maximum absolute atomic E-state index is 12.5. The molecule has 0 unspecified atom stereocenters. The van der Waals surface area contributed by atoms with E-state index in [1.54, 1.807) is 0 Å². The van der Waals surface area contributed by atoms with Gasteiger partial charge in [0.15, 0.2) is 10.9 Å². The maximum Gasteiger partial charge on any atom is 0.191 e. The lowest BCUT2D eigenvalue weighted by Crippen LogP contribution is -2.11. The van der Waals surface area contributed by atoms with E-state index >= 15 is 0 Å². The van der Waals surface area contributed by atoms with Gasteiger partial charge >= 0.3 is 0 Å². The van der Waals surface area contributed by atoms with E-state index < -0.39 is 0 Å². The van der Waals surface area contributed by atoms with E-state index in [2.05, 4.69) is 54.6 Å². The van der Waals surface area contributed by atoms with Gasteiger partial charge in [-0.05, 0) is 30.7 Å². The van der Waals surface area contributed by atoms with Gasteiger partial charge in [-0.2, -0.15) is 0 Å². The fourth-order valence-corrected chi connectivity index (χ4v) is 3.62. The molecule has 0 atom stereocenters. The van der Waals surface area contributed by atoms with Crippen molar-refractivity contribution in [2.45, 2.75) is 63.6 Å². The summed E-state index contributed by atoms with van der Waals surface area (Å²) in [4.78, 5) is 12.5. The Morgan fingerprint density at radius 3 is 2.42 bits per heavy atom. The molecular formula is C19H25N3OS. The van der Waals surface area contributed by atoms with Gasteiger partial charge in [0, 0.05) is 18.0 Å². The molecule has 4 nitrogen and oxygen atoms in total. The van der Waals surface area contributed by atoms with E-state index in [0.717, 1.165) is 23.1 Å². The summed E-state index contributed by atoms with van der Waals surface area (Å²) in [7, 11) is 0. The Morgan fingerprint density at radius 1 is 1.21 bits per heavy atom. The minimum atomic E-state index is 0.104. The normalized spacial score (nSPS) is 14.8. The number of benzene rings is 1. The standard InChI is InChI=1S/C19H25N3OS/c1-5-22-17(14-6-7-14)20-21-18(22)24-12-16(23)13-8-10-15(11-9-13)19(2,3)4/h8-11,14H,5-7,12H2,1-4H3. The zero-order valence-corrected chi connectivity index (χ0v) is 15.7. The van der Waals surface area contributed by atoms with Crippen molar-refractivity contribution < 1.29 is 4.79 Å². The lowest BCUT2D eigenvalue weighted by Gasteiger charge is -2.18. The summed E-state index contributed by atoms with van der Waals surface area (Å²) in [6.07, 6.45) is 2.42. The van der Waals surface area contributed by atoms with E-state index in [-0.39, 0.29) is 11.2 Å². The van der Waals surface area contributed by atoms with Crippen LogP contribution in [0.15, 0.2) is 29.4 Å². The van der Waals surface area contributed by atoms with Gasteiger partial charge in [0.25, 0.3) is 0 Å². The first-order valence-corrected chi connectivity index (χ1v) is 9.58. The van der Waals surface area contributed by atoms with Gasteiger partial charge in [0.2, 0.25) is 0 Å². The Bertz CT molecular complexity index is 724. The van der Waals surface area contributed by atoms with Crippen molar-refractivity contribution in [3.8, 4) is 0 Å². The molecule has 0 amide bonds. The van der Waals surface area contributed by atoms with Crippen molar-refractivity contribution in [2.24, 2.45) is 0 Å². The minimum absolute atomic E-state index is 0.104. The number of aromatic nitrogens is 3. The number of hydrogen-bond acceptors (Lipinski definition) is 4. The number of Topliss-reactive ketones (excluding diaryl/α,β-unsaturated/α-hetero) is 1. The lowest BCUT2D eigenvalue weighted by atomic mass is 9.86. The molecule has 1 aliphatic rings. The molecular weight excluding hydrogens is 318 g/mol. The predicted molar refractivity (Wildman–Crippen MR) is 97.9 cm³/mol. The molecule has 0 N–H and O–H groups in total. The van der Waals surface area contributed by atoms with Crippen LogP contribution in [0.1, 0.15) is 68.2 Å². The topological polar surface area (TPSA) is 47.8 Å². The first-order chi connectivity index (χ1) is 11.4. The van der Waals surface area contributed by atoms with E-state index in [9.17, 15) is 4.79 Å². The molecule has 0 aliphatic heterocycles. The lowest BCUT2D eigenvalue weighted by molar-refractivity contribution is 0.102. The van der Waals surface area contributed by atoms with Gasteiger partial charge in [-0.25, -0.2) is 0 Å². The van der Waals surface area contributed by atoms with Crippen molar-refractivity contribution in [1.82, 2.24) is 14.8 Å². The monoisotopic (exact) mass is 343 g/mol. The Balaban J connectivity index is 1.65. The fourth-order valence-electron chi connectivity index (χ4n) is 2.72. The highest BCUT2D eigenvalue weighted by Crippen LogP contribution is 2.40. The molecule has 0 saturated heterocycles. The molecule has 128 valence electrons. The summed E-state index contributed by atoms with van der Waals surface area (Å²) in [6, 6.07) is 7.97. The van der Waals surface area contributed by atoms with E-state index in [1.165, 1.54) is 30.2 Å². The Morgan fingerprint density at radius 2 is 1.88 bits per heavy atom. The van der Waals surface area contributed by atoms with Crippen LogP contribution in [0.4, 0.5) is 0 Å². The number of nitrogens with zero attached hydrogens (tertiary/aromatic N) is 3. The number of ketones is 1. The first kappa shape index (κ1) is 17.2. The van der Waals surface area contributed by atoms with E-state index in [4.69, 9.17) is 0 Å². The van der Waals surface area contributed by atoms with Crippen LogP contribution >= 0.6 is 11.8 Å². The Kier molecular flexibility index (Phi) is 4.81. The fraction of sp³-hybridized carbons (Fsp3) is 0.526. The van der Waals surface area contributed by atoms with Gasteiger partial charge in [-0.1, -0.05) is 56.8 Å². The number of carbonyl (C=O) groups excluding carboxylic acids is 1. The van der Waals surface area contributed by atoms with Crippen molar-refractivity contribution in [3.05, 3.63) is 41.2 Å². The number of carbonyl (C=O) groups is 1. The molecule has 1 heterocycles. The number of thioether (sulfide) groups is 1. The van der Waals surface area contributed by atoms with Crippen LogP contribution < -0.4 is 0 Å². The third-order valence-corrected chi connectivity index (χ3v) is 5.38. The molecule has 1 aromatic heterocycles. The first-order valence-electron chi connectivity index (χ1n) is 8.59. The van der Waals surface area contributed by atoms with Crippen LogP contribution in [0.2, 0.25) is 0 Å². The summed E-state index contributed by atoms with van der Waals surface area (Å²) in [5, 5.41) is 9.46. The van der Waals surface area contributed by atoms with E-state index in [1.807, 2.05) is 12.1 Å². The second-order valence-corrected chi connectivity index (χ2v) is 8.34. The summed E-state index contributed by atoms with van der Waals surface area (Å²) >= 11 is 1.49. The van der Waals surface area contributed by atoms with Crippen LogP contribution in [0.5, 0.6) is 0 Å². The second kappa shape index (κ2) is 6.71. The van der Waals surface area contributed by atoms with Crippen molar-refractivity contribution in [3.63, 3.8) is 0 Å². The zero-order chi connectivity index (χ0) is 17.3. The summed E-state index contributed by atoms with van der Waals surface area (Å²) < 4.78 is 2.15. The third kappa shape index (κ3) is 3.72.